The molecule has 1 heterocycles. The number of rotatable bonds is 3. The number of aliphatic hydroxyl groups is 1. The van der Waals surface area contributed by atoms with E-state index in [0.29, 0.717) is 0 Å². The van der Waals surface area contributed by atoms with Gasteiger partial charge in [0.15, 0.2) is 0 Å². The Morgan fingerprint density at radius 3 is 2.55 bits per heavy atom. The Hall–Kier alpha value is -1.93. The van der Waals surface area contributed by atoms with Crippen molar-refractivity contribution in [3.8, 4) is 10.6 Å². The molecule has 2 aromatic rings. The molecular weight excluding hydrogens is 295 g/mol. The molecule has 0 saturated carbocycles. The molecule has 20 heavy (non-hydrogen) atoms. The van der Waals surface area contributed by atoms with Crippen molar-refractivity contribution in [3.05, 3.63) is 40.4 Å². The number of thiazole rings is 1. The number of aliphatic hydroxyl groups excluding tert-OH is 1. The van der Waals surface area contributed by atoms with E-state index in [0.717, 1.165) is 23.5 Å². The fourth-order valence-corrected chi connectivity index (χ4v) is 2.49. The second-order valence-corrected chi connectivity index (χ2v) is 4.84. The van der Waals surface area contributed by atoms with Gasteiger partial charge in [0.25, 0.3) is 0 Å². The van der Waals surface area contributed by atoms with Crippen LogP contribution in [0.3, 0.4) is 0 Å². The number of aromatic carboxylic acids is 1. The van der Waals surface area contributed by atoms with Crippen LogP contribution in [0.25, 0.3) is 10.6 Å². The maximum atomic E-state index is 12.6. The Morgan fingerprint density at radius 1 is 1.35 bits per heavy atom. The van der Waals surface area contributed by atoms with Crippen LogP contribution >= 0.6 is 11.3 Å². The van der Waals surface area contributed by atoms with E-state index in [-0.39, 0.29) is 21.1 Å². The molecule has 0 fully saturated rings. The Kier molecular flexibility index (Phi) is 3.78. The number of hydrogen-bond acceptors (Lipinski definition) is 4. The summed E-state index contributed by atoms with van der Waals surface area (Å²) in [5.41, 5.74) is -0.741. The number of benzene rings is 1. The van der Waals surface area contributed by atoms with Crippen molar-refractivity contribution >= 4 is 17.3 Å². The number of carboxylic acid groups (broad SMARTS) is 1. The van der Waals surface area contributed by atoms with Crippen molar-refractivity contribution in [1.29, 1.82) is 0 Å². The number of halogens is 3. The number of nitrogens with zero attached hydrogens (tertiary/aromatic N) is 1. The number of alkyl halides is 3. The smallest absolute Gasteiger partial charge is 0.416 e. The first-order valence-corrected chi connectivity index (χ1v) is 6.16. The van der Waals surface area contributed by atoms with Crippen LogP contribution in [0.4, 0.5) is 13.2 Å². The second-order valence-electron chi connectivity index (χ2n) is 3.84. The highest BCUT2D eigenvalue weighted by atomic mass is 32.1. The molecule has 2 N–H and O–H groups in total. The summed E-state index contributed by atoms with van der Waals surface area (Å²) in [6.07, 6.45) is -4.48. The number of aromatic nitrogens is 1. The van der Waals surface area contributed by atoms with Gasteiger partial charge in [0.1, 0.15) is 9.88 Å². The summed E-state index contributed by atoms with van der Waals surface area (Å²) in [4.78, 5) is 14.6. The molecule has 0 amide bonds. The van der Waals surface area contributed by atoms with Crippen molar-refractivity contribution in [2.75, 3.05) is 0 Å². The molecule has 0 spiro atoms. The minimum atomic E-state index is -4.48. The van der Waals surface area contributed by atoms with E-state index in [1.165, 1.54) is 12.1 Å². The van der Waals surface area contributed by atoms with Crippen LogP contribution in [0.2, 0.25) is 0 Å². The SMILES string of the molecule is O=C(O)c1sc(-c2cccc(C(F)(F)F)c2)nc1CO. The zero-order chi connectivity index (χ0) is 14.9. The first kappa shape index (κ1) is 14.5. The van der Waals surface area contributed by atoms with E-state index < -0.39 is 24.3 Å². The summed E-state index contributed by atoms with van der Waals surface area (Å²) in [6.45, 7) is -0.586. The van der Waals surface area contributed by atoms with Crippen molar-refractivity contribution in [1.82, 2.24) is 4.98 Å². The molecule has 0 aliphatic carbocycles. The molecular formula is C12H8F3NO3S. The van der Waals surface area contributed by atoms with Gasteiger partial charge in [0.05, 0.1) is 17.9 Å². The molecule has 0 saturated heterocycles. The van der Waals surface area contributed by atoms with Crippen LogP contribution in [-0.4, -0.2) is 21.2 Å². The molecule has 0 bridgehead atoms. The maximum Gasteiger partial charge on any atom is 0.416 e. The van der Waals surface area contributed by atoms with Crippen molar-refractivity contribution < 1.29 is 28.2 Å². The summed E-state index contributed by atoms with van der Waals surface area (Å²) in [7, 11) is 0. The average Bonchev–Trinajstić information content (AvgIpc) is 2.82. The largest absolute Gasteiger partial charge is 0.477 e. The van der Waals surface area contributed by atoms with Crippen LogP contribution in [0.5, 0.6) is 0 Å². The van der Waals surface area contributed by atoms with Crippen LogP contribution in [0.1, 0.15) is 20.9 Å². The lowest BCUT2D eigenvalue weighted by molar-refractivity contribution is -0.137. The molecule has 1 aromatic carbocycles. The van der Waals surface area contributed by atoms with E-state index in [4.69, 9.17) is 10.2 Å². The van der Waals surface area contributed by atoms with E-state index in [2.05, 4.69) is 4.98 Å². The predicted octanol–water partition coefficient (Wildman–Crippen LogP) is 3.02. The Morgan fingerprint density at radius 2 is 2.05 bits per heavy atom. The van der Waals surface area contributed by atoms with Gasteiger partial charge in [-0.15, -0.1) is 11.3 Å². The van der Waals surface area contributed by atoms with Crippen LogP contribution in [-0.2, 0) is 12.8 Å². The van der Waals surface area contributed by atoms with E-state index >= 15 is 0 Å². The molecule has 1 aromatic heterocycles. The minimum absolute atomic E-state index is 0.0603. The summed E-state index contributed by atoms with van der Waals surface area (Å²) in [5.74, 6) is -1.27. The lowest BCUT2D eigenvalue weighted by atomic mass is 10.1. The third-order valence-electron chi connectivity index (χ3n) is 2.48. The molecule has 8 heteroatoms. The molecule has 0 radical (unpaired) electrons. The lowest BCUT2D eigenvalue weighted by Gasteiger charge is -2.07. The zero-order valence-corrected chi connectivity index (χ0v) is 10.6. The van der Waals surface area contributed by atoms with Crippen molar-refractivity contribution in [2.45, 2.75) is 12.8 Å². The van der Waals surface area contributed by atoms with E-state index in [1.807, 2.05) is 0 Å². The van der Waals surface area contributed by atoms with Gasteiger partial charge in [0, 0.05) is 5.56 Å². The average molecular weight is 303 g/mol. The van der Waals surface area contributed by atoms with Crippen LogP contribution < -0.4 is 0 Å². The Bertz CT molecular complexity index is 652. The summed E-state index contributed by atoms with van der Waals surface area (Å²) >= 11 is 0.727. The van der Waals surface area contributed by atoms with Gasteiger partial charge in [-0.3, -0.25) is 0 Å². The quantitative estimate of drug-likeness (QED) is 0.914. The molecule has 106 valence electrons. The highest BCUT2D eigenvalue weighted by molar-refractivity contribution is 7.17. The predicted molar refractivity (Wildman–Crippen MR) is 65.4 cm³/mol. The first-order chi connectivity index (χ1) is 9.32. The molecule has 4 nitrogen and oxygen atoms in total. The van der Waals surface area contributed by atoms with Crippen LogP contribution in [0.15, 0.2) is 24.3 Å². The van der Waals surface area contributed by atoms with E-state index in [9.17, 15) is 18.0 Å². The van der Waals surface area contributed by atoms with Gasteiger partial charge in [-0.2, -0.15) is 13.2 Å². The van der Waals surface area contributed by atoms with Gasteiger partial charge in [-0.05, 0) is 12.1 Å². The topological polar surface area (TPSA) is 70.4 Å². The number of carboxylic acids is 1. The standard InChI is InChI=1S/C12H8F3NO3S/c13-12(14,15)7-3-1-2-6(4-7)10-16-8(5-17)9(20-10)11(18)19/h1-4,17H,5H2,(H,18,19). The highest BCUT2D eigenvalue weighted by Crippen LogP contribution is 2.34. The van der Waals surface area contributed by atoms with Crippen molar-refractivity contribution in [2.24, 2.45) is 0 Å². The maximum absolute atomic E-state index is 12.6. The number of carbonyl (C=O) groups is 1. The first-order valence-electron chi connectivity index (χ1n) is 5.34. The Balaban J connectivity index is 2.49. The van der Waals surface area contributed by atoms with Crippen molar-refractivity contribution in [3.63, 3.8) is 0 Å². The van der Waals surface area contributed by atoms with Gasteiger partial charge >= 0.3 is 12.1 Å². The lowest BCUT2D eigenvalue weighted by Crippen LogP contribution is -2.04. The molecule has 0 atom stereocenters. The molecule has 2 rings (SSSR count). The second kappa shape index (κ2) is 5.22. The summed E-state index contributed by atoms with van der Waals surface area (Å²) in [6, 6.07) is 4.44. The third-order valence-corrected chi connectivity index (χ3v) is 3.61. The monoisotopic (exact) mass is 303 g/mol. The van der Waals surface area contributed by atoms with Gasteiger partial charge in [-0.1, -0.05) is 12.1 Å². The molecule has 0 aliphatic rings. The van der Waals surface area contributed by atoms with E-state index in [1.54, 1.807) is 0 Å². The molecule has 0 unspecified atom stereocenters. The molecule has 0 aliphatic heterocycles. The fraction of sp³-hybridized carbons (Fsp3) is 0.167. The fourth-order valence-electron chi connectivity index (χ4n) is 1.58. The highest BCUT2D eigenvalue weighted by Gasteiger charge is 2.30. The summed E-state index contributed by atoms with van der Waals surface area (Å²) in [5, 5.41) is 18.1. The van der Waals surface area contributed by atoms with Gasteiger partial charge in [-0.25, -0.2) is 9.78 Å². The van der Waals surface area contributed by atoms with Crippen LogP contribution in [0, 0.1) is 0 Å². The zero-order valence-electron chi connectivity index (χ0n) is 9.81. The third kappa shape index (κ3) is 2.81. The van der Waals surface area contributed by atoms with Gasteiger partial charge in [0.2, 0.25) is 0 Å². The normalized spacial score (nSPS) is 11.6. The Labute approximate surface area is 115 Å². The minimum Gasteiger partial charge on any atom is -0.477 e. The summed E-state index contributed by atoms with van der Waals surface area (Å²) < 4.78 is 37.8. The number of hydrogen-bond donors (Lipinski definition) is 2. The van der Waals surface area contributed by atoms with Gasteiger partial charge < -0.3 is 10.2 Å².